The zero-order valence-electron chi connectivity index (χ0n) is 15.8. The van der Waals surface area contributed by atoms with Crippen molar-refractivity contribution >= 4 is 39.8 Å². The first-order chi connectivity index (χ1) is 13.6. The Labute approximate surface area is 172 Å². The molecule has 0 unspecified atom stereocenters. The molecule has 0 spiro atoms. The van der Waals surface area contributed by atoms with Crippen LogP contribution >= 0.6 is 23.1 Å². The van der Waals surface area contributed by atoms with Gasteiger partial charge in [-0.3, -0.25) is 9.69 Å². The van der Waals surface area contributed by atoms with Crippen molar-refractivity contribution in [3.63, 3.8) is 0 Å². The van der Waals surface area contributed by atoms with Crippen LogP contribution in [-0.4, -0.2) is 25.8 Å². The smallest absolute Gasteiger partial charge is 0.230 e. The van der Waals surface area contributed by atoms with Gasteiger partial charge in [-0.05, 0) is 30.9 Å². The summed E-state index contributed by atoms with van der Waals surface area (Å²) in [5.74, 6) is 8.00. The molecule has 1 amide bonds. The minimum absolute atomic E-state index is 0.0507. The normalized spacial score (nSPS) is 13.6. The number of thioether (sulfide) groups is 1. The van der Waals surface area contributed by atoms with E-state index in [4.69, 9.17) is 5.84 Å². The van der Waals surface area contributed by atoms with Crippen molar-refractivity contribution in [3.05, 3.63) is 46.7 Å². The third kappa shape index (κ3) is 3.77. The second-order valence-corrected chi connectivity index (χ2v) is 8.51. The molecule has 28 heavy (non-hydrogen) atoms. The fourth-order valence-electron chi connectivity index (χ4n) is 3.05. The first-order valence-corrected chi connectivity index (χ1v) is 11.1. The number of carbonyl (C=O) groups excluding carboxylic acids is 1. The number of para-hydroxylation sites is 1. The number of nitrogen functional groups attached to an aromatic ring is 1. The molecule has 9 heteroatoms. The van der Waals surface area contributed by atoms with E-state index in [1.54, 1.807) is 16.5 Å². The summed E-state index contributed by atoms with van der Waals surface area (Å²) >= 11 is 2.97. The summed E-state index contributed by atoms with van der Waals surface area (Å²) in [6, 6.07) is 7.94. The van der Waals surface area contributed by atoms with Gasteiger partial charge in [0.2, 0.25) is 11.1 Å². The fraction of sp³-hybridized carbons (Fsp3) is 0.368. The summed E-state index contributed by atoms with van der Waals surface area (Å²) in [5, 5.41) is 11.7. The number of amides is 1. The van der Waals surface area contributed by atoms with Gasteiger partial charge in [0.1, 0.15) is 0 Å². The third-order valence-electron chi connectivity index (χ3n) is 4.64. The number of thiazole rings is 1. The van der Waals surface area contributed by atoms with E-state index in [1.807, 2.05) is 29.6 Å². The SMILES string of the molecule is CCc1ccccc1N(C(C)=O)c1nc(CSc2nnc(C3CC3)n2N)cs1. The number of nitrogens with two attached hydrogens (primary N) is 1. The first kappa shape index (κ1) is 18.9. The van der Waals surface area contributed by atoms with Gasteiger partial charge in [-0.15, -0.1) is 21.5 Å². The lowest BCUT2D eigenvalue weighted by Gasteiger charge is -2.20. The number of benzene rings is 1. The van der Waals surface area contributed by atoms with Gasteiger partial charge in [0.05, 0.1) is 11.4 Å². The van der Waals surface area contributed by atoms with E-state index in [2.05, 4.69) is 22.1 Å². The minimum Gasteiger partial charge on any atom is -0.336 e. The molecule has 1 aromatic carbocycles. The van der Waals surface area contributed by atoms with Gasteiger partial charge in [0.25, 0.3) is 0 Å². The standard InChI is InChI=1S/C19H22N6OS2/c1-3-13-6-4-5-7-16(13)24(12(2)26)18-21-15(10-27-18)11-28-19-23-22-17(25(19)20)14-8-9-14/h4-7,10,14H,3,8-9,11,20H2,1-2H3. The largest absolute Gasteiger partial charge is 0.336 e. The number of rotatable bonds is 7. The molecule has 146 valence electrons. The molecule has 2 heterocycles. The molecule has 0 atom stereocenters. The molecule has 0 radical (unpaired) electrons. The van der Waals surface area contributed by atoms with Crippen LogP contribution in [0.3, 0.4) is 0 Å². The van der Waals surface area contributed by atoms with Gasteiger partial charge >= 0.3 is 0 Å². The summed E-state index contributed by atoms with van der Waals surface area (Å²) < 4.78 is 1.59. The zero-order valence-corrected chi connectivity index (χ0v) is 17.5. The van der Waals surface area contributed by atoms with Crippen molar-refractivity contribution in [2.75, 3.05) is 10.7 Å². The Hall–Kier alpha value is -2.39. The van der Waals surface area contributed by atoms with Gasteiger partial charge in [-0.2, -0.15) is 0 Å². The lowest BCUT2D eigenvalue weighted by atomic mass is 10.1. The second kappa shape index (κ2) is 7.92. The van der Waals surface area contributed by atoms with Crippen molar-refractivity contribution in [1.82, 2.24) is 19.9 Å². The Kier molecular flexibility index (Phi) is 5.36. The van der Waals surface area contributed by atoms with E-state index in [-0.39, 0.29) is 5.91 Å². The highest BCUT2D eigenvalue weighted by Gasteiger charge is 2.30. The first-order valence-electron chi connectivity index (χ1n) is 9.24. The summed E-state index contributed by atoms with van der Waals surface area (Å²) in [4.78, 5) is 18.7. The van der Waals surface area contributed by atoms with Crippen molar-refractivity contribution in [2.24, 2.45) is 0 Å². The molecule has 1 aliphatic rings. The van der Waals surface area contributed by atoms with Crippen molar-refractivity contribution in [2.45, 2.75) is 49.9 Å². The number of aryl methyl sites for hydroxylation is 1. The molecule has 0 bridgehead atoms. The minimum atomic E-state index is -0.0507. The van der Waals surface area contributed by atoms with Crippen LogP contribution in [0.4, 0.5) is 10.8 Å². The molecular formula is C19H22N6OS2. The molecule has 2 N–H and O–H groups in total. The highest BCUT2D eigenvalue weighted by Crippen LogP contribution is 2.39. The monoisotopic (exact) mass is 414 g/mol. The lowest BCUT2D eigenvalue weighted by Crippen LogP contribution is -2.23. The number of aromatic nitrogens is 4. The highest BCUT2D eigenvalue weighted by atomic mass is 32.2. The molecule has 1 aliphatic carbocycles. The van der Waals surface area contributed by atoms with E-state index in [1.165, 1.54) is 23.1 Å². The molecule has 3 aromatic rings. The van der Waals surface area contributed by atoms with E-state index < -0.39 is 0 Å². The van der Waals surface area contributed by atoms with Crippen molar-refractivity contribution in [1.29, 1.82) is 0 Å². The molecule has 1 fully saturated rings. The Morgan fingerprint density at radius 2 is 2.14 bits per heavy atom. The lowest BCUT2D eigenvalue weighted by molar-refractivity contribution is -0.115. The van der Waals surface area contributed by atoms with Gasteiger partial charge in [0.15, 0.2) is 11.0 Å². The predicted octanol–water partition coefficient (Wildman–Crippen LogP) is 3.87. The molecule has 4 rings (SSSR count). The molecule has 7 nitrogen and oxygen atoms in total. The Morgan fingerprint density at radius 3 is 2.86 bits per heavy atom. The summed E-state index contributed by atoms with van der Waals surface area (Å²) in [7, 11) is 0. The average Bonchev–Trinajstić information content (AvgIpc) is 3.32. The van der Waals surface area contributed by atoms with Crippen LogP contribution in [0.1, 0.15) is 49.7 Å². The number of nitrogens with zero attached hydrogens (tertiary/aromatic N) is 5. The van der Waals surface area contributed by atoms with Gasteiger partial charge in [-0.1, -0.05) is 36.9 Å². The van der Waals surface area contributed by atoms with Gasteiger partial charge < -0.3 is 5.84 Å². The molecule has 0 aliphatic heterocycles. The molecule has 0 saturated heterocycles. The topological polar surface area (TPSA) is 89.9 Å². The zero-order chi connectivity index (χ0) is 19.7. The molecular weight excluding hydrogens is 392 g/mol. The third-order valence-corrected chi connectivity index (χ3v) is 6.49. The van der Waals surface area contributed by atoms with E-state index in [0.29, 0.717) is 22.0 Å². The maximum absolute atomic E-state index is 12.4. The Balaban J connectivity index is 1.51. The van der Waals surface area contributed by atoms with Crippen LogP contribution < -0.4 is 10.7 Å². The van der Waals surface area contributed by atoms with Crippen molar-refractivity contribution < 1.29 is 4.79 Å². The Morgan fingerprint density at radius 1 is 1.36 bits per heavy atom. The van der Waals surface area contributed by atoms with Gasteiger partial charge in [-0.25, -0.2) is 9.66 Å². The Bertz CT molecular complexity index is 994. The number of carbonyl (C=O) groups is 1. The number of hydrogen-bond acceptors (Lipinski definition) is 7. The molecule has 2 aromatic heterocycles. The summed E-state index contributed by atoms with van der Waals surface area (Å²) in [5.41, 5.74) is 2.90. The maximum Gasteiger partial charge on any atom is 0.230 e. The second-order valence-electron chi connectivity index (χ2n) is 6.73. The van der Waals surface area contributed by atoms with Crippen LogP contribution in [-0.2, 0) is 17.0 Å². The number of hydrogen-bond donors (Lipinski definition) is 1. The van der Waals surface area contributed by atoms with Crippen LogP contribution in [0.2, 0.25) is 0 Å². The summed E-state index contributed by atoms with van der Waals surface area (Å²) in [6.45, 7) is 3.65. The maximum atomic E-state index is 12.4. The van der Waals surface area contributed by atoms with E-state index in [0.717, 1.165) is 42.0 Å². The fourth-order valence-corrected chi connectivity index (χ4v) is 4.79. The highest BCUT2D eigenvalue weighted by molar-refractivity contribution is 7.98. The van der Waals surface area contributed by atoms with Crippen molar-refractivity contribution in [3.8, 4) is 0 Å². The number of anilines is 2. The van der Waals surface area contributed by atoms with Crippen LogP contribution in [0, 0.1) is 0 Å². The van der Waals surface area contributed by atoms with Crippen LogP contribution in [0.25, 0.3) is 0 Å². The predicted molar refractivity (Wildman–Crippen MR) is 112 cm³/mol. The van der Waals surface area contributed by atoms with E-state index in [9.17, 15) is 4.79 Å². The van der Waals surface area contributed by atoms with E-state index >= 15 is 0 Å². The van der Waals surface area contributed by atoms with Crippen LogP contribution in [0.15, 0.2) is 34.8 Å². The average molecular weight is 415 g/mol. The quantitative estimate of drug-likeness (QED) is 0.466. The summed E-state index contributed by atoms with van der Waals surface area (Å²) in [6.07, 6.45) is 3.12. The van der Waals surface area contributed by atoms with Crippen LogP contribution in [0.5, 0.6) is 0 Å². The van der Waals surface area contributed by atoms with Gasteiger partial charge in [0, 0.05) is 24.0 Å². The molecule has 1 saturated carbocycles.